The number of hydrogen-bond donors (Lipinski definition) is 1. The summed E-state index contributed by atoms with van der Waals surface area (Å²) in [6, 6.07) is 15.8. The van der Waals surface area contributed by atoms with Gasteiger partial charge in [-0.15, -0.1) is 0 Å². The molecule has 0 unspecified atom stereocenters. The average Bonchev–Trinajstić information content (AvgIpc) is 3.18. The van der Waals surface area contributed by atoms with Crippen molar-refractivity contribution < 1.29 is 4.79 Å². The van der Waals surface area contributed by atoms with E-state index in [0.717, 1.165) is 18.3 Å². The molecule has 0 saturated carbocycles. The van der Waals surface area contributed by atoms with E-state index in [0.29, 0.717) is 30.1 Å². The minimum absolute atomic E-state index is 0.0181. The Bertz CT molecular complexity index is 847. The van der Waals surface area contributed by atoms with E-state index >= 15 is 0 Å². The third-order valence-corrected chi connectivity index (χ3v) is 6.86. The zero-order chi connectivity index (χ0) is 19.1. The Morgan fingerprint density at radius 1 is 1.14 bits per heavy atom. The summed E-state index contributed by atoms with van der Waals surface area (Å²) in [5.41, 5.74) is 2.13. The van der Waals surface area contributed by atoms with Crippen LogP contribution in [0.4, 0.5) is 5.82 Å². The second kappa shape index (κ2) is 7.21. The van der Waals surface area contributed by atoms with Gasteiger partial charge in [0.25, 0.3) is 5.91 Å². The second-order valence-electron chi connectivity index (χ2n) is 8.29. The van der Waals surface area contributed by atoms with E-state index in [1.807, 2.05) is 19.1 Å². The van der Waals surface area contributed by atoms with Gasteiger partial charge in [0.2, 0.25) is 0 Å². The zero-order valence-corrected chi connectivity index (χ0v) is 16.4. The molecule has 4 saturated heterocycles. The largest absolute Gasteiger partial charge is 0.352 e. The predicted molar refractivity (Wildman–Crippen MR) is 111 cm³/mol. The van der Waals surface area contributed by atoms with Crippen LogP contribution >= 0.6 is 0 Å². The Morgan fingerprint density at radius 3 is 2.68 bits per heavy atom. The standard InChI is InChI=1S/C23H28N4O/c1-2-24-23(28)18-8-11-25-20(14-18)27-15-19(16-6-4-3-5-7-16)22-21(27)17-9-12-26(22)13-10-17/h3-8,11,14,17,19,21-22H,2,9-10,12-13,15H2,1H3,(H,24,28)/t19-,21-,22-/m1/s1. The van der Waals surface area contributed by atoms with Gasteiger partial charge in [-0.1, -0.05) is 30.3 Å². The van der Waals surface area contributed by atoms with Crippen LogP contribution in [0, 0.1) is 5.92 Å². The monoisotopic (exact) mass is 376 g/mol. The molecule has 4 fully saturated rings. The SMILES string of the molecule is CCNC(=O)c1ccnc(N2C[C@H](c3ccccc3)[C@@H]3[C@H]2C2CCN3CC2)c1. The molecule has 1 N–H and O–H groups in total. The van der Waals surface area contributed by atoms with E-state index in [2.05, 4.69) is 45.4 Å². The lowest BCUT2D eigenvalue weighted by Gasteiger charge is -2.51. The molecule has 4 aliphatic heterocycles. The van der Waals surface area contributed by atoms with Crippen LogP contribution in [-0.2, 0) is 0 Å². The Kier molecular flexibility index (Phi) is 4.55. The molecule has 0 aliphatic carbocycles. The Balaban J connectivity index is 1.51. The third-order valence-electron chi connectivity index (χ3n) is 6.86. The molecule has 0 spiro atoms. The Morgan fingerprint density at radius 2 is 1.93 bits per heavy atom. The highest BCUT2D eigenvalue weighted by atomic mass is 16.1. The van der Waals surface area contributed by atoms with Gasteiger partial charge in [-0.2, -0.15) is 0 Å². The van der Waals surface area contributed by atoms with Crippen molar-refractivity contribution in [2.75, 3.05) is 31.1 Å². The van der Waals surface area contributed by atoms with Crippen LogP contribution in [0.3, 0.4) is 0 Å². The highest BCUT2D eigenvalue weighted by Crippen LogP contribution is 2.47. The number of hydrogen-bond acceptors (Lipinski definition) is 4. The molecule has 28 heavy (non-hydrogen) atoms. The van der Waals surface area contributed by atoms with Gasteiger partial charge in [-0.05, 0) is 56.5 Å². The number of carbonyl (C=O) groups excluding carboxylic acids is 1. The second-order valence-corrected chi connectivity index (χ2v) is 8.29. The summed E-state index contributed by atoms with van der Waals surface area (Å²) in [6.45, 7) is 5.99. The topological polar surface area (TPSA) is 48.5 Å². The van der Waals surface area contributed by atoms with Crippen molar-refractivity contribution in [2.24, 2.45) is 5.92 Å². The first-order valence-electron chi connectivity index (χ1n) is 10.6. The van der Waals surface area contributed by atoms with E-state index in [9.17, 15) is 4.79 Å². The summed E-state index contributed by atoms with van der Waals surface area (Å²) in [6.07, 6.45) is 4.33. The van der Waals surface area contributed by atoms with Crippen molar-refractivity contribution in [3.8, 4) is 0 Å². The fourth-order valence-corrected chi connectivity index (χ4v) is 5.66. The third kappa shape index (κ3) is 2.89. The molecule has 2 aromatic rings. The van der Waals surface area contributed by atoms with Crippen LogP contribution in [-0.4, -0.2) is 54.1 Å². The van der Waals surface area contributed by atoms with E-state index in [-0.39, 0.29) is 5.91 Å². The number of nitrogens with zero attached hydrogens (tertiary/aromatic N) is 3. The lowest BCUT2D eigenvalue weighted by molar-refractivity contribution is 0.0354. The normalized spacial score (nSPS) is 30.9. The summed E-state index contributed by atoms with van der Waals surface area (Å²) in [4.78, 5) is 22.2. The smallest absolute Gasteiger partial charge is 0.251 e. The summed E-state index contributed by atoms with van der Waals surface area (Å²) >= 11 is 0. The van der Waals surface area contributed by atoms with Gasteiger partial charge in [0.05, 0.1) is 0 Å². The predicted octanol–water partition coefficient (Wildman–Crippen LogP) is 2.90. The van der Waals surface area contributed by atoms with Gasteiger partial charge >= 0.3 is 0 Å². The number of benzene rings is 1. The number of carbonyl (C=O) groups is 1. The number of piperidine rings is 3. The fraction of sp³-hybridized carbons (Fsp3) is 0.478. The molecule has 1 aromatic heterocycles. The molecule has 1 amide bonds. The van der Waals surface area contributed by atoms with Gasteiger partial charge in [0.1, 0.15) is 5.82 Å². The zero-order valence-electron chi connectivity index (χ0n) is 16.4. The molecule has 5 heteroatoms. The summed E-state index contributed by atoms with van der Waals surface area (Å²) in [5.74, 6) is 2.14. The minimum atomic E-state index is -0.0181. The number of pyridine rings is 1. The molecule has 6 rings (SSSR count). The first kappa shape index (κ1) is 17.7. The maximum atomic E-state index is 12.3. The van der Waals surface area contributed by atoms with Crippen molar-refractivity contribution in [3.05, 3.63) is 59.8 Å². The quantitative estimate of drug-likeness (QED) is 0.891. The Hall–Kier alpha value is -2.40. The van der Waals surface area contributed by atoms with Gasteiger partial charge in [-0.3, -0.25) is 9.69 Å². The summed E-state index contributed by atoms with van der Waals surface area (Å²) in [5, 5.41) is 2.90. The van der Waals surface area contributed by atoms with Crippen molar-refractivity contribution >= 4 is 11.7 Å². The maximum absolute atomic E-state index is 12.3. The van der Waals surface area contributed by atoms with E-state index in [1.54, 1.807) is 6.20 Å². The number of aromatic nitrogens is 1. The summed E-state index contributed by atoms with van der Waals surface area (Å²) in [7, 11) is 0. The van der Waals surface area contributed by atoms with Crippen LogP contribution < -0.4 is 10.2 Å². The first-order chi connectivity index (χ1) is 13.8. The van der Waals surface area contributed by atoms with Crippen LogP contribution in [0.15, 0.2) is 48.7 Å². The highest BCUT2D eigenvalue weighted by Gasteiger charge is 2.53. The molecule has 5 heterocycles. The first-order valence-corrected chi connectivity index (χ1v) is 10.6. The van der Waals surface area contributed by atoms with Gasteiger partial charge in [0.15, 0.2) is 0 Å². The van der Waals surface area contributed by atoms with Crippen molar-refractivity contribution in [2.45, 2.75) is 37.8 Å². The molecule has 1 aromatic carbocycles. The average molecular weight is 377 g/mol. The van der Waals surface area contributed by atoms with Gasteiger partial charge < -0.3 is 10.2 Å². The van der Waals surface area contributed by atoms with Crippen molar-refractivity contribution in [1.82, 2.24) is 15.2 Å². The minimum Gasteiger partial charge on any atom is -0.352 e. The molecule has 4 aliphatic rings. The molecule has 146 valence electrons. The highest BCUT2D eigenvalue weighted by molar-refractivity contribution is 5.94. The molecular weight excluding hydrogens is 348 g/mol. The Labute approximate surface area is 166 Å². The molecule has 0 radical (unpaired) electrons. The molecular formula is C23H28N4O. The maximum Gasteiger partial charge on any atom is 0.251 e. The van der Waals surface area contributed by atoms with Crippen molar-refractivity contribution in [1.29, 1.82) is 0 Å². The number of rotatable bonds is 4. The fourth-order valence-electron chi connectivity index (χ4n) is 5.66. The lowest BCUT2D eigenvalue weighted by atomic mass is 9.75. The van der Waals surface area contributed by atoms with E-state index in [4.69, 9.17) is 4.98 Å². The number of nitrogens with one attached hydrogen (secondary N) is 1. The van der Waals surface area contributed by atoms with Gasteiger partial charge in [0, 0.05) is 42.9 Å². The number of anilines is 1. The van der Waals surface area contributed by atoms with Crippen molar-refractivity contribution in [3.63, 3.8) is 0 Å². The number of amides is 1. The molecule has 2 bridgehead atoms. The van der Waals surface area contributed by atoms with Crippen LogP contribution in [0.1, 0.15) is 41.6 Å². The van der Waals surface area contributed by atoms with E-state index in [1.165, 1.54) is 31.5 Å². The summed E-state index contributed by atoms with van der Waals surface area (Å²) < 4.78 is 0. The van der Waals surface area contributed by atoms with Gasteiger partial charge in [-0.25, -0.2) is 4.98 Å². The number of fused-ring (bicyclic) bond motifs is 2. The van der Waals surface area contributed by atoms with Crippen LogP contribution in [0.2, 0.25) is 0 Å². The van der Waals surface area contributed by atoms with Crippen LogP contribution in [0.5, 0.6) is 0 Å². The lowest BCUT2D eigenvalue weighted by Crippen LogP contribution is -2.60. The molecule has 3 atom stereocenters. The van der Waals surface area contributed by atoms with E-state index < -0.39 is 0 Å². The van der Waals surface area contributed by atoms with Crippen LogP contribution in [0.25, 0.3) is 0 Å². The molecule has 5 nitrogen and oxygen atoms in total.